The molecular formula is C19H20N4O4. The van der Waals surface area contributed by atoms with Crippen LogP contribution in [0, 0.1) is 6.92 Å². The second-order valence-corrected chi connectivity index (χ2v) is 6.70. The number of nitrogens with zero attached hydrogens (tertiary/aromatic N) is 2. The number of carbonyl (C=O) groups is 2. The summed E-state index contributed by atoms with van der Waals surface area (Å²) in [4.78, 5) is 24.2. The smallest absolute Gasteiger partial charge is 0.252 e. The van der Waals surface area contributed by atoms with Gasteiger partial charge in [-0.15, -0.1) is 0 Å². The van der Waals surface area contributed by atoms with Crippen LogP contribution < -0.4 is 16.2 Å². The van der Waals surface area contributed by atoms with Gasteiger partial charge in [-0.25, -0.2) is 0 Å². The maximum absolute atomic E-state index is 12.2. The van der Waals surface area contributed by atoms with Crippen LogP contribution >= 0.6 is 0 Å². The van der Waals surface area contributed by atoms with Gasteiger partial charge >= 0.3 is 0 Å². The molecule has 0 saturated carbocycles. The van der Waals surface area contributed by atoms with E-state index in [9.17, 15) is 9.59 Å². The molecule has 140 valence electrons. The van der Waals surface area contributed by atoms with Crippen LogP contribution in [0.1, 0.15) is 41.2 Å². The summed E-state index contributed by atoms with van der Waals surface area (Å²) in [5.74, 6) is -0.474. The van der Waals surface area contributed by atoms with Gasteiger partial charge in [-0.3, -0.25) is 9.59 Å². The summed E-state index contributed by atoms with van der Waals surface area (Å²) in [6.45, 7) is 5.09. The summed E-state index contributed by atoms with van der Waals surface area (Å²) >= 11 is 0. The number of hydrogen-bond donors (Lipinski definition) is 2. The average Bonchev–Trinajstić information content (AvgIpc) is 2.95. The van der Waals surface area contributed by atoms with Crippen LogP contribution in [0.25, 0.3) is 11.0 Å². The van der Waals surface area contributed by atoms with Crippen LogP contribution in [0.4, 0.5) is 0 Å². The van der Waals surface area contributed by atoms with Crippen molar-refractivity contribution >= 4 is 22.8 Å². The van der Waals surface area contributed by atoms with Gasteiger partial charge in [0.1, 0.15) is 29.4 Å². The first-order valence-corrected chi connectivity index (χ1v) is 8.29. The number of furan rings is 1. The normalized spacial score (nSPS) is 11.5. The van der Waals surface area contributed by atoms with E-state index in [2.05, 4.69) is 10.2 Å². The number of primary amides is 2. The number of fused-ring (bicyclic) bond motifs is 1. The molecule has 3 rings (SSSR count). The lowest BCUT2D eigenvalue weighted by Gasteiger charge is -2.25. The zero-order valence-electron chi connectivity index (χ0n) is 15.3. The topological polar surface area (TPSA) is 134 Å². The molecule has 0 aliphatic rings. The summed E-state index contributed by atoms with van der Waals surface area (Å²) in [5, 5.41) is 8.21. The molecule has 3 aromatic rings. The molecule has 0 bridgehead atoms. The van der Waals surface area contributed by atoms with E-state index in [0.717, 1.165) is 0 Å². The van der Waals surface area contributed by atoms with Crippen molar-refractivity contribution < 1.29 is 18.7 Å². The quantitative estimate of drug-likeness (QED) is 0.683. The first-order chi connectivity index (χ1) is 12.7. The van der Waals surface area contributed by atoms with E-state index in [0.29, 0.717) is 33.7 Å². The fourth-order valence-electron chi connectivity index (χ4n) is 3.01. The highest BCUT2D eigenvalue weighted by Crippen LogP contribution is 2.41. The van der Waals surface area contributed by atoms with Gasteiger partial charge in [0.2, 0.25) is 5.91 Å². The van der Waals surface area contributed by atoms with Gasteiger partial charge < -0.3 is 20.6 Å². The Kier molecular flexibility index (Phi) is 4.57. The Balaban J connectivity index is 2.22. The Morgan fingerprint density at radius 1 is 1.22 bits per heavy atom. The fourth-order valence-corrected chi connectivity index (χ4v) is 3.01. The predicted molar refractivity (Wildman–Crippen MR) is 98.1 cm³/mol. The third-order valence-electron chi connectivity index (χ3n) is 4.48. The zero-order chi connectivity index (χ0) is 19.8. The summed E-state index contributed by atoms with van der Waals surface area (Å²) in [6, 6.07) is 6.85. The monoisotopic (exact) mass is 368 g/mol. The van der Waals surface area contributed by atoms with Gasteiger partial charge in [0.05, 0.1) is 11.0 Å². The van der Waals surface area contributed by atoms with E-state index in [1.54, 1.807) is 51.2 Å². The van der Waals surface area contributed by atoms with Crippen LogP contribution in [0.5, 0.6) is 5.75 Å². The van der Waals surface area contributed by atoms with Crippen molar-refractivity contribution in [3.63, 3.8) is 0 Å². The molecule has 4 N–H and O–H groups in total. The highest BCUT2D eigenvalue weighted by atomic mass is 16.5. The molecule has 1 aromatic carbocycles. The second kappa shape index (κ2) is 6.71. The average molecular weight is 368 g/mol. The van der Waals surface area contributed by atoms with E-state index < -0.39 is 17.2 Å². The molecule has 0 spiro atoms. The molecule has 2 aromatic heterocycles. The molecule has 2 heterocycles. The van der Waals surface area contributed by atoms with Crippen molar-refractivity contribution in [3.05, 3.63) is 53.0 Å². The lowest BCUT2D eigenvalue weighted by Crippen LogP contribution is -2.36. The van der Waals surface area contributed by atoms with Crippen molar-refractivity contribution in [3.8, 4) is 5.75 Å². The van der Waals surface area contributed by atoms with Crippen molar-refractivity contribution in [2.75, 3.05) is 0 Å². The van der Waals surface area contributed by atoms with Crippen LogP contribution in [0.2, 0.25) is 0 Å². The molecule has 0 saturated heterocycles. The van der Waals surface area contributed by atoms with Crippen LogP contribution in [0.15, 0.2) is 34.9 Å². The van der Waals surface area contributed by atoms with E-state index in [-0.39, 0.29) is 12.2 Å². The maximum Gasteiger partial charge on any atom is 0.252 e. The van der Waals surface area contributed by atoms with Crippen molar-refractivity contribution in [1.29, 1.82) is 0 Å². The number of hydrogen-bond acceptors (Lipinski definition) is 6. The summed E-state index contributed by atoms with van der Waals surface area (Å²) < 4.78 is 11.6. The number of nitrogens with two attached hydrogens (primary N) is 2. The number of rotatable bonds is 6. The molecule has 0 radical (unpaired) electrons. The predicted octanol–water partition coefficient (Wildman–Crippen LogP) is 1.97. The minimum Gasteiger partial charge on any atom is -0.487 e. The number of aromatic nitrogens is 2. The Labute approximate surface area is 155 Å². The number of benzene rings is 1. The zero-order valence-corrected chi connectivity index (χ0v) is 15.3. The van der Waals surface area contributed by atoms with Crippen LogP contribution in [-0.4, -0.2) is 22.0 Å². The second-order valence-electron chi connectivity index (χ2n) is 6.70. The van der Waals surface area contributed by atoms with Gasteiger partial charge in [0.15, 0.2) is 0 Å². The Morgan fingerprint density at radius 3 is 2.56 bits per heavy atom. The van der Waals surface area contributed by atoms with E-state index in [1.165, 1.54) is 0 Å². The van der Waals surface area contributed by atoms with Crippen LogP contribution in [0.3, 0.4) is 0 Å². The molecular weight excluding hydrogens is 348 g/mol. The highest BCUT2D eigenvalue weighted by Gasteiger charge is 2.36. The van der Waals surface area contributed by atoms with Gasteiger partial charge in [-0.05, 0) is 45.0 Å². The SMILES string of the molecule is Cc1oc2ccc(OCc3cccnn3)c(C(C)(C)C(N)=O)c2c1C(N)=O. The van der Waals surface area contributed by atoms with Crippen LogP contribution in [-0.2, 0) is 16.8 Å². The molecule has 0 aliphatic heterocycles. The molecule has 0 unspecified atom stereocenters. The molecule has 0 fully saturated rings. The molecule has 8 heteroatoms. The van der Waals surface area contributed by atoms with Crippen molar-refractivity contribution in [2.45, 2.75) is 32.8 Å². The van der Waals surface area contributed by atoms with Gasteiger partial charge in [-0.1, -0.05) is 0 Å². The number of ether oxygens (including phenoxy) is 1. The standard InChI is InChI=1S/C19H20N4O4/c1-10-14(17(20)24)15-12(27-10)6-7-13(16(15)19(2,3)18(21)25)26-9-11-5-4-8-22-23-11/h4-8H,9H2,1-3H3,(H2,20,24)(H2,21,25). The first-order valence-electron chi connectivity index (χ1n) is 8.29. The molecule has 0 aliphatic carbocycles. The Morgan fingerprint density at radius 2 is 1.96 bits per heavy atom. The fraction of sp³-hybridized carbons (Fsp3) is 0.263. The number of amides is 2. The molecule has 27 heavy (non-hydrogen) atoms. The lowest BCUT2D eigenvalue weighted by atomic mass is 9.80. The Bertz CT molecular complexity index is 1030. The third kappa shape index (κ3) is 3.21. The first kappa shape index (κ1) is 18.4. The van der Waals surface area contributed by atoms with Gasteiger partial charge in [0.25, 0.3) is 5.91 Å². The third-order valence-corrected chi connectivity index (χ3v) is 4.48. The minimum absolute atomic E-state index is 0.129. The highest BCUT2D eigenvalue weighted by molar-refractivity contribution is 6.10. The van der Waals surface area contributed by atoms with E-state index in [1.807, 2.05) is 0 Å². The Hall–Kier alpha value is -3.42. The van der Waals surface area contributed by atoms with Crippen molar-refractivity contribution in [2.24, 2.45) is 11.5 Å². The van der Waals surface area contributed by atoms with Crippen molar-refractivity contribution in [1.82, 2.24) is 10.2 Å². The largest absolute Gasteiger partial charge is 0.487 e. The minimum atomic E-state index is -1.14. The summed E-state index contributed by atoms with van der Waals surface area (Å²) in [5.41, 5.74) is 11.7. The van der Waals surface area contributed by atoms with Gasteiger partial charge in [-0.2, -0.15) is 10.2 Å². The summed E-state index contributed by atoms with van der Waals surface area (Å²) in [7, 11) is 0. The van der Waals surface area contributed by atoms with E-state index in [4.69, 9.17) is 20.6 Å². The number of carbonyl (C=O) groups excluding carboxylic acids is 2. The van der Waals surface area contributed by atoms with Gasteiger partial charge in [0, 0.05) is 17.1 Å². The molecule has 8 nitrogen and oxygen atoms in total. The van der Waals surface area contributed by atoms with E-state index >= 15 is 0 Å². The molecule has 2 amide bonds. The lowest BCUT2D eigenvalue weighted by molar-refractivity contribution is -0.122. The summed E-state index contributed by atoms with van der Waals surface area (Å²) in [6.07, 6.45) is 1.56. The molecule has 0 atom stereocenters. The number of aryl methyl sites for hydroxylation is 1. The maximum atomic E-state index is 12.2.